The number of rotatable bonds is 7. The van der Waals surface area contributed by atoms with Crippen LogP contribution in [-0.4, -0.2) is 41.5 Å². The zero-order chi connectivity index (χ0) is 17.8. The SMILES string of the molecule is O=C(NCCCNC(=O)C(F)(F)C1(O)CCC1)c1ccc(F)cc1. The highest BCUT2D eigenvalue weighted by Crippen LogP contribution is 2.44. The van der Waals surface area contributed by atoms with Crippen LogP contribution in [0, 0.1) is 5.82 Å². The Balaban J connectivity index is 1.68. The van der Waals surface area contributed by atoms with Crippen molar-refractivity contribution < 1.29 is 27.9 Å². The second-order valence-corrected chi connectivity index (χ2v) is 5.83. The van der Waals surface area contributed by atoms with Gasteiger partial charge in [-0.1, -0.05) is 0 Å². The summed E-state index contributed by atoms with van der Waals surface area (Å²) < 4.78 is 40.3. The molecule has 1 aromatic carbocycles. The molecule has 0 unspecified atom stereocenters. The summed E-state index contributed by atoms with van der Waals surface area (Å²) >= 11 is 0. The number of nitrogens with one attached hydrogen (secondary N) is 2. The van der Waals surface area contributed by atoms with Gasteiger partial charge in [0.2, 0.25) is 0 Å². The molecule has 5 nitrogen and oxygen atoms in total. The van der Waals surface area contributed by atoms with Crippen molar-refractivity contribution in [2.75, 3.05) is 13.1 Å². The van der Waals surface area contributed by atoms with E-state index in [9.17, 15) is 27.9 Å². The third-order valence-corrected chi connectivity index (χ3v) is 4.08. The Labute approximate surface area is 137 Å². The Hall–Kier alpha value is -2.09. The number of alkyl halides is 2. The van der Waals surface area contributed by atoms with Crippen LogP contribution in [0.15, 0.2) is 24.3 Å². The van der Waals surface area contributed by atoms with E-state index >= 15 is 0 Å². The molecule has 0 aliphatic heterocycles. The van der Waals surface area contributed by atoms with Crippen LogP contribution >= 0.6 is 0 Å². The highest BCUT2D eigenvalue weighted by molar-refractivity contribution is 5.94. The predicted molar refractivity (Wildman–Crippen MR) is 80.1 cm³/mol. The molecule has 1 fully saturated rings. The molecule has 132 valence electrons. The number of benzene rings is 1. The van der Waals surface area contributed by atoms with Gasteiger partial charge in [-0.15, -0.1) is 0 Å². The molecule has 8 heteroatoms. The van der Waals surface area contributed by atoms with Crippen LogP contribution in [0.4, 0.5) is 13.2 Å². The molecule has 1 aliphatic carbocycles. The van der Waals surface area contributed by atoms with Gasteiger partial charge in [-0.3, -0.25) is 9.59 Å². The van der Waals surface area contributed by atoms with Crippen molar-refractivity contribution in [3.05, 3.63) is 35.6 Å². The van der Waals surface area contributed by atoms with E-state index in [4.69, 9.17) is 0 Å². The lowest BCUT2D eigenvalue weighted by molar-refractivity contribution is -0.215. The smallest absolute Gasteiger partial charge is 0.352 e. The summed E-state index contributed by atoms with van der Waals surface area (Å²) in [6.45, 7) is 0.0977. The number of halogens is 3. The Morgan fingerprint density at radius 1 is 1.12 bits per heavy atom. The van der Waals surface area contributed by atoms with Gasteiger partial charge >= 0.3 is 5.92 Å². The van der Waals surface area contributed by atoms with Crippen molar-refractivity contribution in [2.24, 2.45) is 0 Å². The Bertz CT molecular complexity index is 601. The molecule has 0 saturated heterocycles. The summed E-state index contributed by atoms with van der Waals surface area (Å²) in [5.41, 5.74) is -1.97. The molecule has 24 heavy (non-hydrogen) atoms. The minimum absolute atomic E-state index is 0.0613. The molecule has 1 aliphatic rings. The van der Waals surface area contributed by atoms with Gasteiger partial charge < -0.3 is 15.7 Å². The van der Waals surface area contributed by atoms with Crippen molar-refractivity contribution in [1.82, 2.24) is 10.6 Å². The molecule has 0 bridgehead atoms. The van der Waals surface area contributed by atoms with Crippen molar-refractivity contribution in [3.8, 4) is 0 Å². The molecular formula is C16H19F3N2O3. The maximum Gasteiger partial charge on any atom is 0.352 e. The van der Waals surface area contributed by atoms with Gasteiger partial charge in [0.1, 0.15) is 11.4 Å². The van der Waals surface area contributed by atoms with Crippen LogP contribution < -0.4 is 10.6 Å². The normalized spacial score (nSPS) is 16.2. The lowest BCUT2D eigenvalue weighted by Gasteiger charge is -2.41. The van der Waals surface area contributed by atoms with Gasteiger partial charge in [0.15, 0.2) is 0 Å². The monoisotopic (exact) mass is 344 g/mol. The summed E-state index contributed by atoms with van der Waals surface area (Å²) in [6.07, 6.45) is 0.518. The fraction of sp³-hybridized carbons (Fsp3) is 0.500. The zero-order valence-corrected chi connectivity index (χ0v) is 12.9. The van der Waals surface area contributed by atoms with Crippen molar-refractivity contribution in [2.45, 2.75) is 37.2 Å². The third-order valence-electron chi connectivity index (χ3n) is 4.08. The van der Waals surface area contributed by atoms with E-state index < -0.39 is 29.2 Å². The minimum atomic E-state index is -3.82. The quantitative estimate of drug-likeness (QED) is 0.658. The van der Waals surface area contributed by atoms with Gasteiger partial charge in [0, 0.05) is 18.7 Å². The molecule has 3 N–H and O–H groups in total. The molecule has 1 aromatic rings. The minimum Gasteiger partial charge on any atom is -0.383 e. The molecule has 0 atom stereocenters. The second-order valence-electron chi connectivity index (χ2n) is 5.83. The largest absolute Gasteiger partial charge is 0.383 e. The molecule has 0 radical (unpaired) electrons. The standard InChI is InChI=1S/C16H19F3N2O3/c17-12-5-3-11(4-6-12)13(22)20-9-2-10-21-14(23)16(18,19)15(24)7-1-8-15/h3-6,24H,1-2,7-10H2,(H,20,22)(H,21,23). The second kappa shape index (κ2) is 7.21. The molecule has 0 spiro atoms. The highest BCUT2D eigenvalue weighted by Gasteiger charge is 2.60. The summed E-state index contributed by atoms with van der Waals surface area (Å²) in [7, 11) is 0. The van der Waals surface area contributed by atoms with Crippen molar-refractivity contribution in [1.29, 1.82) is 0 Å². The van der Waals surface area contributed by atoms with E-state index in [1.165, 1.54) is 12.1 Å². The topological polar surface area (TPSA) is 78.4 Å². The average Bonchev–Trinajstić information content (AvgIpc) is 2.52. The fourth-order valence-electron chi connectivity index (χ4n) is 2.34. The van der Waals surface area contributed by atoms with E-state index in [2.05, 4.69) is 10.6 Å². The lowest BCUT2D eigenvalue weighted by atomic mass is 9.75. The maximum absolute atomic E-state index is 13.8. The van der Waals surface area contributed by atoms with E-state index in [0.717, 1.165) is 12.1 Å². The Morgan fingerprint density at radius 2 is 1.71 bits per heavy atom. The van der Waals surface area contributed by atoms with Crippen LogP contribution in [0.1, 0.15) is 36.0 Å². The summed E-state index contributed by atoms with van der Waals surface area (Å²) in [6, 6.07) is 4.96. The van der Waals surface area contributed by atoms with E-state index in [0.29, 0.717) is 6.42 Å². The molecular weight excluding hydrogens is 325 g/mol. The Kier molecular flexibility index (Phi) is 5.48. The van der Waals surface area contributed by atoms with Crippen LogP contribution in [0.2, 0.25) is 0 Å². The molecule has 0 aromatic heterocycles. The van der Waals surface area contributed by atoms with Crippen LogP contribution in [-0.2, 0) is 4.79 Å². The Morgan fingerprint density at radius 3 is 2.25 bits per heavy atom. The first-order valence-electron chi connectivity index (χ1n) is 7.68. The number of aliphatic hydroxyl groups is 1. The van der Waals surface area contributed by atoms with Crippen LogP contribution in [0.25, 0.3) is 0 Å². The number of hydrogen-bond donors (Lipinski definition) is 3. The highest BCUT2D eigenvalue weighted by atomic mass is 19.3. The lowest BCUT2D eigenvalue weighted by Crippen LogP contribution is -2.60. The van der Waals surface area contributed by atoms with E-state index in [1.54, 1.807) is 0 Å². The molecule has 0 heterocycles. The zero-order valence-electron chi connectivity index (χ0n) is 12.9. The van der Waals surface area contributed by atoms with E-state index in [-0.39, 0.29) is 37.9 Å². The van der Waals surface area contributed by atoms with Gasteiger partial charge in [0.05, 0.1) is 0 Å². The first kappa shape index (κ1) is 18.3. The number of carbonyl (C=O) groups is 2. The number of amides is 2. The predicted octanol–water partition coefficient (Wildman–Crippen LogP) is 1.61. The fourth-order valence-corrected chi connectivity index (χ4v) is 2.34. The van der Waals surface area contributed by atoms with Gasteiger partial charge in [0.25, 0.3) is 11.8 Å². The van der Waals surface area contributed by atoms with Gasteiger partial charge in [-0.05, 0) is 49.9 Å². The number of carbonyl (C=O) groups excluding carboxylic acids is 2. The van der Waals surface area contributed by atoms with Crippen LogP contribution in [0.3, 0.4) is 0 Å². The average molecular weight is 344 g/mol. The molecule has 2 rings (SSSR count). The van der Waals surface area contributed by atoms with Gasteiger partial charge in [-0.25, -0.2) is 4.39 Å². The maximum atomic E-state index is 13.8. The first-order chi connectivity index (χ1) is 11.3. The summed E-state index contributed by atoms with van der Waals surface area (Å²) in [4.78, 5) is 23.2. The van der Waals surface area contributed by atoms with E-state index in [1.807, 2.05) is 0 Å². The molecule has 1 saturated carbocycles. The van der Waals surface area contributed by atoms with Crippen molar-refractivity contribution in [3.63, 3.8) is 0 Å². The van der Waals surface area contributed by atoms with Crippen molar-refractivity contribution >= 4 is 11.8 Å². The summed E-state index contributed by atoms with van der Waals surface area (Å²) in [5, 5.41) is 14.2. The van der Waals surface area contributed by atoms with Crippen LogP contribution in [0.5, 0.6) is 0 Å². The summed E-state index contributed by atoms with van der Waals surface area (Å²) in [5.74, 6) is -6.20. The molecule has 2 amide bonds. The first-order valence-corrected chi connectivity index (χ1v) is 7.68. The van der Waals surface area contributed by atoms with Gasteiger partial charge in [-0.2, -0.15) is 8.78 Å². The number of hydrogen-bond acceptors (Lipinski definition) is 3. The third kappa shape index (κ3) is 3.87.